The van der Waals surface area contributed by atoms with E-state index >= 15 is 0 Å². The van der Waals surface area contributed by atoms with Crippen LogP contribution in [0.15, 0.2) is 60.7 Å². The smallest absolute Gasteiger partial charge is 0.162 e. The van der Waals surface area contributed by atoms with E-state index in [0.717, 1.165) is 39.8 Å². The maximum atomic E-state index is 5.66. The summed E-state index contributed by atoms with van der Waals surface area (Å²) in [5, 5.41) is 0.957. The van der Waals surface area contributed by atoms with Gasteiger partial charge in [-0.2, -0.15) is 0 Å². The van der Waals surface area contributed by atoms with E-state index in [1.807, 2.05) is 43.3 Å². The van der Waals surface area contributed by atoms with E-state index < -0.39 is 0 Å². The van der Waals surface area contributed by atoms with E-state index in [1.54, 1.807) is 28.4 Å². The van der Waals surface area contributed by atoms with Crippen molar-refractivity contribution < 1.29 is 18.9 Å². The van der Waals surface area contributed by atoms with Crippen molar-refractivity contribution in [1.82, 2.24) is 4.98 Å². The second-order valence-corrected chi connectivity index (χ2v) is 8.18. The number of rotatable bonds is 8. The average Bonchev–Trinajstić information content (AvgIpc) is 2.87. The van der Waals surface area contributed by atoms with Crippen LogP contribution in [0, 0.1) is 0 Å². The summed E-state index contributed by atoms with van der Waals surface area (Å²) in [5.41, 5.74) is 5.19. The van der Waals surface area contributed by atoms with Gasteiger partial charge >= 0.3 is 0 Å². The molecule has 3 aromatic carbocycles. The minimum atomic E-state index is 0.649. The molecular formula is C28H30N2O4. The van der Waals surface area contributed by atoms with Crippen molar-refractivity contribution in [1.29, 1.82) is 0 Å². The standard InChI is InChI=1S/C28H30N2O4/c1-30(2)28-22(13-20-15-25(32-4)27(34-6)17-23(20)29-28)21-16-26(33-5)24(31-3)14-19(21)12-18-10-8-7-9-11-18/h7-11,13-17H,12H2,1-6H3. The summed E-state index contributed by atoms with van der Waals surface area (Å²) in [4.78, 5) is 7.02. The van der Waals surface area contributed by atoms with Crippen LogP contribution in [-0.4, -0.2) is 47.5 Å². The van der Waals surface area contributed by atoms with E-state index in [1.165, 1.54) is 5.56 Å². The van der Waals surface area contributed by atoms with Crippen molar-refractivity contribution in [2.45, 2.75) is 6.42 Å². The number of anilines is 1. The Kier molecular flexibility index (Phi) is 6.77. The summed E-state index contributed by atoms with van der Waals surface area (Å²) < 4.78 is 22.3. The molecular weight excluding hydrogens is 428 g/mol. The molecule has 0 aliphatic rings. The molecule has 0 fully saturated rings. The third-order valence-electron chi connectivity index (χ3n) is 5.86. The van der Waals surface area contributed by atoms with Crippen molar-refractivity contribution >= 4 is 16.7 Å². The van der Waals surface area contributed by atoms with Gasteiger partial charge in [0.2, 0.25) is 0 Å². The van der Waals surface area contributed by atoms with Crippen LogP contribution >= 0.6 is 0 Å². The molecule has 6 nitrogen and oxygen atoms in total. The van der Waals surface area contributed by atoms with E-state index in [9.17, 15) is 0 Å². The molecule has 1 aromatic heterocycles. The summed E-state index contributed by atoms with van der Waals surface area (Å²) in [6.45, 7) is 0. The van der Waals surface area contributed by atoms with Gasteiger partial charge in [-0.3, -0.25) is 0 Å². The SMILES string of the molecule is COc1cc(Cc2ccccc2)c(-c2cc3cc(OC)c(OC)cc3nc2N(C)C)cc1OC. The predicted molar refractivity (Wildman–Crippen MR) is 137 cm³/mol. The highest BCUT2D eigenvalue weighted by Gasteiger charge is 2.19. The molecule has 0 N–H and O–H groups in total. The number of methoxy groups -OCH3 is 4. The lowest BCUT2D eigenvalue weighted by molar-refractivity contribution is 0.355. The molecule has 4 aromatic rings. The molecule has 0 spiro atoms. The Bertz CT molecular complexity index is 1300. The van der Waals surface area contributed by atoms with E-state index in [2.05, 4.69) is 36.4 Å². The molecule has 0 bridgehead atoms. The summed E-state index contributed by atoms with van der Waals surface area (Å²) in [7, 11) is 10.6. The van der Waals surface area contributed by atoms with Gasteiger partial charge in [0.25, 0.3) is 0 Å². The van der Waals surface area contributed by atoms with Crippen molar-refractivity contribution in [3.8, 4) is 34.1 Å². The first kappa shape index (κ1) is 23.2. The summed E-state index contributed by atoms with van der Waals surface area (Å²) in [5.74, 6) is 3.53. The van der Waals surface area contributed by atoms with E-state index in [-0.39, 0.29) is 0 Å². The Morgan fingerprint density at radius 1 is 0.676 bits per heavy atom. The Morgan fingerprint density at radius 2 is 1.26 bits per heavy atom. The molecule has 176 valence electrons. The molecule has 0 atom stereocenters. The lowest BCUT2D eigenvalue weighted by Crippen LogP contribution is -2.13. The number of fused-ring (bicyclic) bond motifs is 1. The topological polar surface area (TPSA) is 53.0 Å². The van der Waals surface area contributed by atoms with Crippen LogP contribution in [0.4, 0.5) is 5.82 Å². The first-order valence-corrected chi connectivity index (χ1v) is 11.0. The lowest BCUT2D eigenvalue weighted by atomic mass is 9.93. The van der Waals surface area contributed by atoms with Gasteiger partial charge in [0.1, 0.15) is 5.82 Å². The fraction of sp³-hybridized carbons (Fsp3) is 0.250. The monoisotopic (exact) mass is 458 g/mol. The fourth-order valence-corrected chi connectivity index (χ4v) is 4.16. The quantitative estimate of drug-likeness (QED) is 0.343. The second-order valence-electron chi connectivity index (χ2n) is 8.18. The highest BCUT2D eigenvalue weighted by atomic mass is 16.5. The summed E-state index contributed by atoms with van der Waals surface area (Å²) >= 11 is 0. The van der Waals surface area contributed by atoms with Crippen molar-refractivity contribution in [3.05, 3.63) is 71.8 Å². The zero-order chi connectivity index (χ0) is 24.2. The van der Waals surface area contributed by atoms with Crippen LogP contribution in [0.5, 0.6) is 23.0 Å². The highest BCUT2D eigenvalue weighted by Crippen LogP contribution is 2.42. The molecule has 0 saturated carbocycles. The van der Waals surface area contributed by atoms with Gasteiger partial charge in [-0.05, 0) is 47.4 Å². The third-order valence-corrected chi connectivity index (χ3v) is 5.86. The minimum absolute atomic E-state index is 0.649. The average molecular weight is 459 g/mol. The molecule has 6 heteroatoms. The number of ether oxygens (including phenoxy) is 4. The maximum Gasteiger partial charge on any atom is 0.162 e. The minimum Gasteiger partial charge on any atom is -0.493 e. The first-order valence-electron chi connectivity index (χ1n) is 11.0. The predicted octanol–water partition coefficient (Wildman–Crippen LogP) is 5.59. The molecule has 0 amide bonds. The molecule has 0 aliphatic carbocycles. The number of benzene rings is 3. The van der Waals surface area contributed by atoms with Gasteiger partial charge in [0, 0.05) is 31.1 Å². The molecule has 0 saturated heterocycles. The first-order chi connectivity index (χ1) is 16.5. The number of hydrogen-bond acceptors (Lipinski definition) is 6. The normalized spacial score (nSPS) is 10.8. The van der Waals surface area contributed by atoms with Crippen LogP contribution in [0.25, 0.3) is 22.0 Å². The van der Waals surface area contributed by atoms with Crippen LogP contribution in [0.3, 0.4) is 0 Å². The number of hydrogen-bond donors (Lipinski definition) is 0. The molecule has 0 radical (unpaired) electrons. The molecule has 0 unspecified atom stereocenters. The number of nitrogens with zero attached hydrogens (tertiary/aromatic N) is 2. The van der Waals surface area contributed by atoms with Crippen LogP contribution in [-0.2, 0) is 6.42 Å². The van der Waals surface area contributed by atoms with Gasteiger partial charge in [0.15, 0.2) is 23.0 Å². The van der Waals surface area contributed by atoms with Crippen LogP contribution in [0.1, 0.15) is 11.1 Å². The summed E-state index contributed by atoms with van der Waals surface area (Å²) in [6.07, 6.45) is 0.743. The second kappa shape index (κ2) is 9.91. The Balaban J connectivity index is 1.99. The molecule has 0 aliphatic heterocycles. The van der Waals surface area contributed by atoms with E-state index in [0.29, 0.717) is 23.0 Å². The van der Waals surface area contributed by atoms with E-state index in [4.69, 9.17) is 23.9 Å². The van der Waals surface area contributed by atoms with Gasteiger partial charge in [0.05, 0.1) is 34.0 Å². The van der Waals surface area contributed by atoms with Gasteiger partial charge in [-0.25, -0.2) is 4.98 Å². The van der Waals surface area contributed by atoms with Gasteiger partial charge < -0.3 is 23.8 Å². The van der Waals surface area contributed by atoms with Crippen molar-refractivity contribution in [2.24, 2.45) is 0 Å². The van der Waals surface area contributed by atoms with Crippen molar-refractivity contribution in [3.63, 3.8) is 0 Å². The van der Waals surface area contributed by atoms with Crippen molar-refractivity contribution in [2.75, 3.05) is 47.4 Å². The largest absolute Gasteiger partial charge is 0.493 e. The lowest BCUT2D eigenvalue weighted by Gasteiger charge is -2.21. The third kappa shape index (κ3) is 4.44. The Morgan fingerprint density at radius 3 is 1.88 bits per heavy atom. The van der Waals surface area contributed by atoms with Crippen LogP contribution < -0.4 is 23.8 Å². The van der Waals surface area contributed by atoms with Crippen LogP contribution in [0.2, 0.25) is 0 Å². The zero-order valence-electron chi connectivity index (χ0n) is 20.5. The Labute approximate surface area is 200 Å². The molecule has 1 heterocycles. The van der Waals surface area contributed by atoms with Gasteiger partial charge in [-0.1, -0.05) is 30.3 Å². The fourth-order valence-electron chi connectivity index (χ4n) is 4.16. The number of pyridine rings is 1. The Hall–Kier alpha value is -3.93. The van der Waals surface area contributed by atoms with Gasteiger partial charge in [-0.15, -0.1) is 0 Å². The highest BCUT2D eigenvalue weighted by molar-refractivity contribution is 5.92. The zero-order valence-corrected chi connectivity index (χ0v) is 20.5. The molecule has 4 rings (SSSR count). The molecule has 34 heavy (non-hydrogen) atoms. The maximum absolute atomic E-state index is 5.66. The summed E-state index contributed by atoms with van der Waals surface area (Å²) in [6, 6.07) is 20.5. The number of aromatic nitrogens is 1.